The monoisotopic (exact) mass is 376 g/mol. The van der Waals surface area contributed by atoms with Gasteiger partial charge < -0.3 is 14.6 Å². The highest BCUT2D eigenvalue weighted by Crippen LogP contribution is 2.29. The molecule has 1 aromatic carbocycles. The van der Waals surface area contributed by atoms with Gasteiger partial charge in [0.15, 0.2) is 5.78 Å². The molecule has 150 valence electrons. The average molecular weight is 376 g/mol. The van der Waals surface area contributed by atoms with E-state index >= 15 is 0 Å². The minimum atomic E-state index is -1.81. The summed E-state index contributed by atoms with van der Waals surface area (Å²) in [5.41, 5.74) is -2.12. The molecular weight excluding hydrogens is 344 g/mol. The van der Waals surface area contributed by atoms with Gasteiger partial charge in [0.05, 0.1) is 25.7 Å². The van der Waals surface area contributed by atoms with E-state index in [1.165, 1.54) is 7.11 Å². The second kappa shape index (κ2) is 9.29. The van der Waals surface area contributed by atoms with Crippen LogP contribution in [0.25, 0.3) is 0 Å². The molecule has 0 saturated heterocycles. The van der Waals surface area contributed by atoms with Crippen LogP contribution in [0.4, 0.5) is 0 Å². The Morgan fingerprint density at radius 3 is 2.19 bits per heavy atom. The summed E-state index contributed by atoms with van der Waals surface area (Å²) in [6.07, 6.45) is 3.12. The standard InChI is InChI=1S/C22H32O5/c1-20(2,3)19(24)22(25,15-18(23)26-6)14-10-13-21(4,5)27-16-17-11-8-7-9-12-17/h7-13,25H,14-16H2,1-6H3/b13-10+/t22-/m1/s1. The maximum atomic E-state index is 12.7. The first kappa shape index (κ1) is 23.1. The molecule has 0 aliphatic carbocycles. The fourth-order valence-corrected chi connectivity index (χ4v) is 2.68. The van der Waals surface area contributed by atoms with Crippen molar-refractivity contribution in [2.24, 2.45) is 5.41 Å². The summed E-state index contributed by atoms with van der Waals surface area (Å²) in [7, 11) is 1.24. The topological polar surface area (TPSA) is 72.8 Å². The predicted octanol–water partition coefficient (Wildman–Crippen LogP) is 3.84. The molecule has 0 saturated carbocycles. The van der Waals surface area contributed by atoms with E-state index in [9.17, 15) is 14.7 Å². The van der Waals surface area contributed by atoms with Gasteiger partial charge in [-0.25, -0.2) is 0 Å². The molecule has 0 fully saturated rings. The quantitative estimate of drug-likeness (QED) is 0.524. The number of esters is 1. The van der Waals surface area contributed by atoms with Crippen LogP contribution in [0.5, 0.6) is 0 Å². The van der Waals surface area contributed by atoms with Gasteiger partial charge in [-0.2, -0.15) is 0 Å². The molecule has 27 heavy (non-hydrogen) atoms. The molecule has 0 amide bonds. The molecule has 1 N–H and O–H groups in total. The van der Waals surface area contributed by atoms with E-state index in [0.29, 0.717) is 6.61 Å². The predicted molar refractivity (Wildman–Crippen MR) is 105 cm³/mol. The van der Waals surface area contributed by atoms with E-state index in [1.807, 2.05) is 44.2 Å². The number of hydrogen-bond acceptors (Lipinski definition) is 5. The molecule has 0 aliphatic heterocycles. The SMILES string of the molecule is COC(=O)C[C@](O)(C/C=C/C(C)(C)OCc1ccccc1)C(=O)C(C)(C)C. The Morgan fingerprint density at radius 2 is 1.67 bits per heavy atom. The van der Waals surface area contributed by atoms with Gasteiger partial charge in [0, 0.05) is 11.8 Å². The van der Waals surface area contributed by atoms with Gasteiger partial charge >= 0.3 is 5.97 Å². The van der Waals surface area contributed by atoms with Crippen molar-refractivity contribution in [2.75, 3.05) is 7.11 Å². The van der Waals surface area contributed by atoms with Gasteiger partial charge in [-0.05, 0) is 19.4 Å². The third-order valence-corrected chi connectivity index (χ3v) is 4.20. The Labute approximate surface area is 162 Å². The number of carbonyl (C=O) groups is 2. The first-order chi connectivity index (χ1) is 12.4. The molecule has 0 bridgehead atoms. The maximum Gasteiger partial charge on any atom is 0.308 e. The van der Waals surface area contributed by atoms with E-state index in [2.05, 4.69) is 4.74 Å². The smallest absolute Gasteiger partial charge is 0.308 e. The fraction of sp³-hybridized carbons (Fsp3) is 0.545. The lowest BCUT2D eigenvalue weighted by molar-refractivity contribution is -0.157. The molecule has 0 heterocycles. The van der Waals surface area contributed by atoms with Crippen molar-refractivity contribution in [2.45, 2.75) is 65.3 Å². The Bertz CT molecular complexity index is 655. The average Bonchev–Trinajstić information content (AvgIpc) is 2.59. The second-order valence-electron chi connectivity index (χ2n) is 8.35. The van der Waals surface area contributed by atoms with Crippen LogP contribution in [0, 0.1) is 5.41 Å². The number of benzene rings is 1. The molecule has 0 aliphatic rings. The first-order valence-corrected chi connectivity index (χ1v) is 9.09. The number of hydrogen-bond donors (Lipinski definition) is 1. The van der Waals surface area contributed by atoms with Crippen molar-refractivity contribution >= 4 is 11.8 Å². The summed E-state index contributed by atoms with van der Waals surface area (Å²) in [4.78, 5) is 24.4. The Kier molecular flexibility index (Phi) is 7.93. The van der Waals surface area contributed by atoms with Crippen LogP contribution in [0.15, 0.2) is 42.5 Å². The van der Waals surface area contributed by atoms with Gasteiger partial charge in [-0.15, -0.1) is 0 Å². The van der Waals surface area contributed by atoms with Gasteiger partial charge in [-0.1, -0.05) is 63.3 Å². The minimum absolute atomic E-state index is 0.0102. The van der Waals surface area contributed by atoms with Crippen molar-refractivity contribution in [3.63, 3.8) is 0 Å². The van der Waals surface area contributed by atoms with Crippen molar-refractivity contribution < 1.29 is 24.2 Å². The lowest BCUT2D eigenvalue weighted by Gasteiger charge is -2.31. The number of aliphatic hydroxyl groups is 1. The number of rotatable bonds is 9. The lowest BCUT2D eigenvalue weighted by atomic mass is 9.76. The van der Waals surface area contributed by atoms with Crippen molar-refractivity contribution in [3.8, 4) is 0 Å². The molecule has 1 atom stereocenters. The molecule has 1 rings (SSSR count). The summed E-state index contributed by atoms with van der Waals surface area (Å²) in [5.74, 6) is -1.02. The molecule has 1 aromatic rings. The zero-order valence-corrected chi connectivity index (χ0v) is 17.2. The van der Waals surface area contributed by atoms with Crippen molar-refractivity contribution in [3.05, 3.63) is 48.0 Å². The lowest BCUT2D eigenvalue weighted by Crippen LogP contribution is -2.47. The van der Waals surface area contributed by atoms with Gasteiger partial charge in [0.1, 0.15) is 5.60 Å². The van der Waals surface area contributed by atoms with Crippen LogP contribution < -0.4 is 0 Å². The molecular formula is C22H32O5. The fourth-order valence-electron chi connectivity index (χ4n) is 2.68. The molecule has 0 unspecified atom stereocenters. The summed E-state index contributed by atoms with van der Waals surface area (Å²) >= 11 is 0. The van der Waals surface area contributed by atoms with Crippen molar-refractivity contribution in [1.82, 2.24) is 0 Å². The first-order valence-electron chi connectivity index (χ1n) is 9.09. The van der Waals surface area contributed by atoms with Crippen LogP contribution in [-0.4, -0.2) is 35.2 Å². The van der Waals surface area contributed by atoms with E-state index < -0.39 is 28.4 Å². The number of Topliss-reactive ketones (excluding diaryl/α,β-unsaturated/α-hetero) is 1. The zero-order chi connectivity index (χ0) is 20.7. The Morgan fingerprint density at radius 1 is 1.07 bits per heavy atom. The van der Waals surface area contributed by atoms with Crippen LogP contribution in [0.2, 0.25) is 0 Å². The van der Waals surface area contributed by atoms with Crippen LogP contribution in [0.3, 0.4) is 0 Å². The van der Waals surface area contributed by atoms with E-state index in [-0.39, 0.29) is 12.8 Å². The van der Waals surface area contributed by atoms with E-state index in [4.69, 9.17) is 4.74 Å². The second-order valence-corrected chi connectivity index (χ2v) is 8.35. The van der Waals surface area contributed by atoms with E-state index in [1.54, 1.807) is 32.9 Å². The van der Waals surface area contributed by atoms with Crippen LogP contribution in [-0.2, 0) is 25.7 Å². The highest BCUT2D eigenvalue weighted by Gasteiger charge is 2.43. The summed E-state index contributed by atoms with van der Waals surface area (Å²) in [6.45, 7) is 9.40. The Balaban J connectivity index is 2.82. The molecule has 5 heteroatoms. The van der Waals surface area contributed by atoms with Gasteiger partial charge in [0.25, 0.3) is 0 Å². The molecule has 5 nitrogen and oxygen atoms in total. The zero-order valence-electron chi connectivity index (χ0n) is 17.2. The normalized spacial score (nSPS) is 14.8. The number of methoxy groups -OCH3 is 1. The summed E-state index contributed by atoms with van der Waals surface area (Å²) < 4.78 is 10.6. The number of ketones is 1. The van der Waals surface area contributed by atoms with E-state index in [0.717, 1.165) is 5.56 Å². The van der Waals surface area contributed by atoms with Crippen LogP contribution >= 0.6 is 0 Å². The maximum absolute atomic E-state index is 12.7. The third-order valence-electron chi connectivity index (χ3n) is 4.20. The van der Waals surface area contributed by atoms with Gasteiger partial charge in [0.2, 0.25) is 0 Å². The number of ether oxygens (including phenoxy) is 2. The van der Waals surface area contributed by atoms with Gasteiger partial charge in [-0.3, -0.25) is 9.59 Å². The summed E-state index contributed by atoms with van der Waals surface area (Å²) in [6, 6.07) is 9.82. The largest absolute Gasteiger partial charge is 0.469 e. The highest BCUT2D eigenvalue weighted by molar-refractivity contribution is 5.94. The van der Waals surface area contributed by atoms with Crippen molar-refractivity contribution in [1.29, 1.82) is 0 Å². The summed E-state index contributed by atoms with van der Waals surface area (Å²) in [5, 5.41) is 10.9. The van der Waals surface area contributed by atoms with Crippen LogP contribution in [0.1, 0.15) is 53.0 Å². The number of carbonyl (C=O) groups excluding carboxylic acids is 2. The molecule has 0 spiro atoms. The minimum Gasteiger partial charge on any atom is -0.469 e. The molecule has 0 radical (unpaired) electrons. The highest BCUT2D eigenvalue weighted by atomic mass is 16.5. The Hall–Kier alpha value is -1.98. The third kappa shape index (κ3) is 7.65. The molecule has 0 aromatic heterocycles.